The summed E-state index contributed by atoms with van der Waals surface area (Å²) in [7, 11) is 0. The molecule has 54 heavy (non-hydrogen) atoms. The summed E-state index contributed by atoms with van der Waals surface area (Å²) in [6.45, 7) is 0. The molecule has 2 nitrogen and oxygen atoms in total. The molecule has 0 spiro atoms. The van der Waals surface area contributed by atoms with Gasteiger partial charge in [0, 0.05) is 33.3 Å². The SMILES string of the molecule is c1ccc(-c2cccc(N(c3ccc4c5ccccc5n(-c5ccccc5)c4c3)c3ccccc3-c3ccc4ccccc4c3)c2-c2ccccc2)cc1. The van der Waals surface area contributed by atoms with Crippen LogP contribution in [0.3, 0.4) is 0 Å². The van der Waals surface area contributed by atoms with Crippen molar-refractivity contribution in [3.05, 3.63) is 218 Å². The van der Waals surface area contributed by atoms with Crippen LogP contribution in [0.15, 0.2) is 218 Å². The third kappa shape index (κ3) is 5.44. The van der Waals surface area contributed by atoms with E-state index in [2.05, 4.69) is 228 Å². The summed E-state index contributed by atoms with van der Waals surface area (Å²) in [4.78, 5) is 2.48. The maximum atomic E-state index is 2.48. The molecule has 0 saturated carbocycles. The van der Waals surface area contributed by atoms with E-state index in [4.69, 9.17) is 0 Å². The quantitative estimate of drug-likeness (QED) is 0.162. The Morgan fingerprint density at radius 3 is 1.76 bits per heavy atom. The molecule has 0 bridgehead atoms. The highest BCUT2D eigenvalue weighted by molar-refractivity contribution is 6.11. The normalized spacial score (nSPS) is 11.3. The molecule has 9 aromatic carbocycles. The van der Waals surface area contributed by atoms with Crippen LogP contribution < -0.4 is 4.90 Å². The van der Waals surface area contributed by atoms with Crippen molar-refractivity contribution in [3.8, 4) is 39.1 Å². The number of aromatic nitrogens is 1. The van der Waals surface area contributed by atoms with Crippen LogP contribution in [0.5, 0.6) is 0 Å². The highest BCUT2D eigenvalue weighted by Gasteiger charge is 2.24. The van der Waals surface area contributed by atoms with Crippen LogP contribution in [0, 0.1) is 0 Å². The van der Waals surface area contributed by atoms with Crippen molar-refractivity contribution >= 4 is 49.6 Å². The maximum Gasteiger partial charge on any atom is 0.0561 e. The average molecular weight is 689 g/mol. The lowest BCUT2D eigenvalue weighted by Crippen LogP contribution is -2.13. The molecule has 0 aliphatic carbocycles. The number of benzene rings is 9. The lowest BCUT2D eigenvalue weighted by molar-refractivity contribution is 1.18. The van der Waals surface area contributed by atoms with Crippen molar-refractivity contribution in [2.45, 2.75) is 0 Å². The summed E-state index contributed by atoms with van der Waals surface area (Å²) in [5, 5.41) is 4.92. The van der Waals surface area contributed by atoms with Gasteiger partial charge in [-0.2, -0.15) is 0 Å². The highest BCUT2D eigenvalue weighted by Crippen LogP contribution is 2.49. The molecule has 1 aromatic heterocycles. The van der Waals surface area contributed by atoms with Gasteiger partial charge >= 0.3 is 0 Å². The third-order valence-electron chi connectivity index (χ3n) is 10.6. The molecular weight excluding hydrogens is 653 g/mol. The molecule has 1 heterocycles. The number of para-hydroxylation sites is 3. The van der Waals surface area contributed by atoms with Crippen molar-refractivity contribution < 1.29 is 0 Å². The predicted octanol–water partition coefficient (Wildman–Crippen LogP) is 14.4. The zero-order chi connectivity index (χ0) is 35.8. The average Bonchev–Trinajstić information content (AvgIpc) is 3.58. The van der Waals surface area contributed by atoms with Crippen molar-refractivity contribution in [2.75, 3.05) is 4.90 Å². The first-order valence-electron chi connectivity index (χ1n) is 18.5. The van der Waals surface area contributed by atoms with E-state index in [-0.39, 0.29) is 0 Å². The second kappa shape index (κ2) is 13.4. The molecule has 0 amide bonds. The molecule has 0 fully saturated rings. The second-order valence-corrected chi connectivity index (χ2v) is 13.7. The Labute approximate surface area is 315 Å². The second-order valence-electron chi connectivity index (χ2n) is 13.7. The van der Waals surface area contributed by atoms with Gasteiger partial charge in [0.1, 0.15) is 0 Å². The molecule has 10 aromatic rings. The lowest BCUT2D eigenvalue weighted by atomic mass is 9.91. The Kier molecular flexibility index (Phi) is 7.85. The first-order valence-corrected chi connectivity index (χ1v) is 18.5. The molecule has 10 rings (SSSR count). The summed E-state index contributed by atoms with van der Waals surface area (Å²) >= 11 is 0. The molecule has 0 aliphatic rings. The van der Waals surface area contributed by atoms with E-state index in [0.717, 1.165) is 33.8 Å². The molecule has 0 atom stereocenters. The summed E-state index contributed by atoms with van der Waals surface area (Å²) in [5.41, 5.74) is 13.8. The molecular formula is C52H36N2. The van der Waals surface area contributed by atoms with E-state index in [9.17, 15) is 0 Å². The van der Waals surface area contributed by atoms with Gasteiger partial charge in [0.05, 0.1) is 22.4 Å². The Bertz CT molecular complexity index is 2930. The van der Waals surface area contributed by atoms with E-state index < -0.39 is 0 Å². The molecule has 0 aliphatic heterocycles. The zero-order valence-electron chi connectivity index (χ0n) is 29.7. The minimum atomic E-state index is 1.08. The van der Waals surface area contributed by atoms with Crippen LogP contribution >= 0.6 is 0 Å². The number of hydrogen-bond donors (Lipinski definition) is 0. The topological polar surface area (TPSA) is 8.17 Å². The van der Waals surface area contributed by atoms with Gasteiger partial charge in [0.2, 0.25) is 0 Å². The number of anilines is 3. The standard InChI is InChI=1S/C52H36N2/c1-4-18-38(19-5-1)45-27-16-30-50(52(45)39-20-6-2-7-21-39)54(48-28-14-12-25-44(48)41-32-31-37-17-10-11-22-40(37)35-41)43-33-34-47-46-26-13-15-29-49(46)53(51(47)36-43)42-23-8-3-9-24-42/h1-36H. The number of fused-ring (bicyclic) bond motifs is 4. The fourth-order valence-electron chi connectivity index (χ4n) is 8.12. The Morgan fingerprint density at radius 2 is 0.944 bits per heavy atom. The van der Waals surface area contributed by atoms with E-state index in [0.29, 0.717) is 0 Å². The fraction of sp³-hybridized carbons (Fsp3) is 0. The summed E-state index contributed by atoms with van der Waals surface area (Å²) < 4.78 is 2.40. The van der Waals surface area contributed by atoms with Crippen LogP contribution in [-0.2, 0) is 0 Å². The summed E-state index contributed by atoms with van der Waals surface area (Å²) in [5.74, 6) is 0. The van der Waals surface area contributed by atoms with Crippen molar-refractivity contribution in [1.29, 1.82) is 0 Å². The number of rotatable bonds is 7. The highest BCUT2D eigenvalue weighted by atomic mass is 15.1. The van der Waals surface area contributed by atoms with E-state index in [1.165, 1.54) is 54.9 Å². The van der Waals surface area contributed by atoms with Crippen molar-refractivity contribution in [1.82, 2.24) is 4.57 Å². The van der Waals surface area contributed by atoms with Gasteiger partial charge in [-0.25, -0.2) is 0 Å². The largest absolute Gasteiger partial charge is 0.309 e. The zero-order valence-corrected chi connectivity index (χ0v) is 29.7. The molecule has 0 unspecified atom stereocenters. The Balaban J connectivity index is 1.30. The van der Waals surface area contributed by atoms with Gasteiger partial charge in [-0.15, -0.1) is 0 Å². The first-order chi connectivity index (χ1) is 26.8. The van der Waals surface area contributed by atoms with E-state index in [1.54, 1.807) is 0 Å². The van der Waals surface area contributed by atoms with Crippen molar-refractivity contribution in [3.63, 3.8) is 0 Å². The smallest absolute Gasteiger partial charge is 0.0561 e. The van der Waals surface area contributed by atoms with E-state index >= 15 is 0 Å². The van der Waals surface area contributed by atoms with Gasteiger partial charge in [-0.05, 0) is 81.6 Å². The molecule has 0 radical (unpaired) electrons. The van der Waals surface area contributed by atoms with Crippen LogP contribution in [0.2, 0.25) is 0 Å². The summed E-state index contributed by atoms with van der Waals surface area (Å²) in [6.07, 6.45) is 0. The lowest BCUT2D eigenvalue weighted by Gasteiger charge is -2.31. The number of hydrogen-bond acceptors (Lipinski definition) is 1. The molecule has 254 valence electrons. The van der Waals surface area contributed by atoms with Gasteiger partial charge in [-0.1, -0.05) is 170 Å². The first kappa shape index (κ1) is 31.6. The fourth-order valence-corrected chi connectivity index (χ4v) is 8.12. The maximum absolute atomic E-state index is 2.48. The minimum absolute atomic E-state index is 1.08. The van der Waals surface area contributed by atoms with Crippen LogP contribution in [0.25, 0.3) is 71.6 Å². The molecule has 0 saturated heterocycles. The molecule has 0 N–H and O–H groups in total. The van der Waals surface area contributed by atoms with Gasteiger partial charge < -0.3 is 9.47 Å². The van der Waals surface area contributed by atoms with Gasteiger partial charge in [0.25, 0.3) is 0 Å². The van der Waals surface area contributed by atoms with Gasteiger partial charge in [-0.3, -0.25) is 0 Å². The third-order valence-corrected chi connectivity index (χ3v) is 10.6. The van der Waals surface area contributed by atoms with Gasteiger partial charge in [0.15, 0.2) is 0 Å². The predicted molar refractivity (Wildman–Crippen MR) is 229 cm³/mol. The van der Waals surface area contributed by atoms with Crippen LogP contribution in [-0.4, -0.2) is 4.57 Å². The minimum Gasteiger partial charge on any atom is -0.309 e. The van der Waals surface area contributed by atoms with E-state index in [1.807, 2.05) is 0 Å². The van der Waals surface area contributed by atoms with Crippen molar-refractivity contribution in [2.24, 2.45) is 0 Å². The summed E-state index contributed by atoms with van der Waals surface area (Å²) in [6, 6.07) is 79.0. The Hall–Kier alpha value is -7.16. The van der Waals surface area contributed by atoms with Crippen LogP contribution in [0.1, 0.15) is 0 Å². The number of nitrogens with zero attached hydrogens (tertiary/aromatic N) is 2. The monoisotopic (exact) mass is 688 g/mol. The van der Waals surface area contributed by atoms with Crippen LogP contribution in [0.4, 0.5) is 17.1 Å². The molecule has 2 heteroatoms. The Morgan fingerprint density at radius 1 is 0.333 bits per heavy atom.